The molecule has 3 aromatic rings. The SMILES string of the molecule is CCCc1sc2c(-c3cc(C)cc(C)c3)ncnc2c1CCC. The summed E-state index contributed by atoms with van der Waals surface area (Å²) in [6, 6.07) is 6.67. The first-order chi connectivity index (χ1) is 11.1. The quantitative estimate of drug-likeness (QED) is 0.585. The normalized spacial score (nSPS) is 11.3. The molecule has 0 spiro atoms. The number of benzene rings is 1. The standard InChI is InChI=1S/C20H24N2S/c1-5-7-16-17(8-6-2)23-20-18(21-12-22-19(16)20)15-10-13(3)9-14(4)11-15/h9-12H,5-8H2,1-4H3. The van der Waals surface area contributed by atoms with Crippen molar-refractivity contribution >= 4 is 21.6 Å². The predicted octanol–water partition coefficient (Wildman–Crippen LogP) is 5.88. The summed E-state index contributed by atoms with van der Waals surface area (Å²) in [5, 5.41) is 0. The Bertz CT molecular complexity index is 813. The van der Waals surface area contributed by atoms with E-state index in [2.05, 4.69) is 55.9 Å². The fraction of sp³-hybridized carbons (Fsp3) is 0.400. The van der Waals surface area contributed by atoms with E-state index < -0.39 is 0 Å². The van der Waals surface area contributed by atoms with Crippen molar-refractivity contribution in [2.75, 3.05) is 0 Å². The lowest BCUT2D eigenvalue weighted by Crippen LogP contribution is -1.92. The number of hydrogen-bond acceptors (Lipinski definition) is 3. The van der Waals surface area contributed by atoms with E-state index in [0.717, 1.165) is 25.0 Å². The molecule has 0 saturated carbocycles. The van der Waals surface area contributed by atoms with E-state index in [4.69, 9.17) is 0 Å². The van der Waals surface area contributed by atoms with Crippen molar-refractivity contribution in [2.45, 2.75) is 53.4 Å². The number of fused-ring (bicyclic) bond motifs is 1. The molecule has 3 heteroatoms. The van der Waals surface area contributed by atoms with Gasteiger partial charge in [-0.3, -0.25) is 0 Å². The average molecular weight is 324 g/mol. The largest absolute Gasteiger partial charge is 0.235 e. The second-order valence-corrected chi connectivity index (χ2v) is 7.39. The number of hydrogen-bond donors (Lipinski definition) is 0. The molecule has 2 heterocycles. The zero-order valence-electron chi connectivity index (χ0n) is 14.4. The highest BCUT2D eigenvalue weighted by molar-refractivity contribution is 7.19. The maximum absolute atomic E-state index is 4.63. The number of nitrogens with zero attached hydrogens (tertiary/aromatic N) is 2. The van der Waals surface area contributed by atoms with E-state index in [9.17, 15) is 0 Å². The summed E-state index contributed by atoms with van der Waals surface area (Å²) in [7, 11) is 0. The molecule has 0 bridgehead atoms. The Morgan fingerprint density at radius 2 is 1.61 bits per heavy atom. The van der Waals surface area contributed by atoms with Crippen molar-refractivity contribution in [3.63, 3.8) is 0 Å². The van der Waals surface area contributed by atoms with E-state index in [1.807, 2.05) is 11.3 Å². The monoisotopic (exact) mass is 324 g/mol. The van der Waals surface area contributed by atoms with Gasteiger partial charge in [-0.05, 0) is 44.4 Å². The molecule has 1 aromatic carbocycles. The zero-order chi connectivity index (χ0) is 16.4. The lowest BCUT2D eigenvalue weighted by molar-refractivity contribution is 0.881. The first-order valence-electron chi connectivity index (χ1n) is 8.48. The minimum Gasteiger partial charge on any atom is -0.235 e. The third-order valence-electron chi connectivity index (χ3n) is 4.12. The van der Waals surface area contributed by atoms with Crippen LogP contribution in [-0.2, 0) is 12.8 Å². The van der Waals surface area contributed by atoms with E-state index >= 15 is 0 Å². The molecule has 23 heavy (non-hydrogen) atoms. The molecule has 2 aromatic heterocycles. The minimum atomic E-state index is 1.09. The Kier molecular flexibility index (Phi) is 4.76. The number of thiophene rings is 1. The van der Waals surface area contributed by atoms with Crippen LogP contribution in [0.2, 0.25) is 0 Å². The molecule has 0 fully saturated rings. The Labute approximate surface area is 142 Å². The van der Waals surface area contributed by atoms with Gasteiger partial charge in [0.2, 0.25) is 0 Å². The smallest absolute Gasteiger partial charge is 0.116 e. The summed E-state index contributed by atoms with van der Waals surface area (Å²) >= 11 is 1.90. The van der Waals surface area contributed by atoms with Crippen molar-refractivity contribution in [2.24, 2.45) is 0 Å². The molecule has 120 valence electrons. The second kappa shape index (κ2) is 6.79. The van der Waals surface area contributed by atoms with Gasteiger partial charge in [0.15, 0.2) is 0 Å². The lowest BCUT2D eigenvalue weighted by Gasteiger charge is -2.05. The van der Waals surface area contributed by atoms with Gasteiger partial charge in [-0.1, -0.05) is 43.9 Å². The fourth-order valence-corrected chi connectivity index (χ4v) is 4.67. The van der Waals surface area contributed by atoms with Gasteiger partial charge in [0.25, 0.3) is 0 Å². The van der Waals surface area contributed by atoms with Crippen molar-refractivity contribution in [3.8, 4) is 11.3 Å². The predicted molar refractivity (Wildman–Crippen MR) is 100 cm³/mol. The van der Waals surface area contributed by atoms with Gasteiger partial charge in [-0.25, -0.2) is 9.97 Å². The van der Waals surface area contributed by atoms with Crippen LogP contribution in [0.1, 0.15) is 48.3 Å². The Morgan fingerprint density at radius 3 is 2.26 bits per heavy atom. The van der Waals surface area contributed by atoms with Gasteiger partial charge < -0.3 is 0 Å². The lowest BCUT2D eigenvalue weighted by atomic mass is 10.0. The molecular weight excluding hydrogens is 300 g/mol. The van der Waals surface area contributed by atoms with Gasteiger partial charge in [0, 0.05) is 10.4 Å². The van der Waals surface area contributed by atoms with Gasteiger partial charge in [-0.15, -0.1) is 11.3 Å². The van der Waals surface area contributed by atoms with Crippen molar-refractivity contribution < 1.29 is 0 Å². The molecule has 0 radical (unpaired) electrons. The van der Waals surface area contributed by atoms with Gasteiger partial charge in [0.05, 0.1) is 15.9 Å². The van der Waals surface area contributed by atoms with Gasteiger partial charge >= 0.3 is 0 Å². The summed E-state index contributed by atoms with van der Waals surface area (Å²) in [4.78, 5) is 10.8. The molecule has 0 amide bonds. The molecule has 0 saturated heterocycles. The Balaban J connectivity index is 2.24. The molecular formula is C20H24N2S. The highest BCUT2D eigenvalue weighted by atomic mass is 32.1. The van der Waals surface area contributed by atoms with Crippen molar-refractivity contribution in [1.82, 2.24) is 9.97 Å². The minimum absolute atomic E-state index is 1.09. The van der Waals surface area contributed by atoms with Crippen LogP contribution in [0.15, 0.2) is 24.5 Å². The second-order valence-electron chi connectivity index (χ2n) is 6.28. The van der Waals surface area contributed by atoms with Crippen LogP contribution in [-0.4, -0.2) is 9.97 Å². The highest BCUT2D eigenvalue weighted by Gasteiger charge is 2.16. The first kappa shape index (κ1) is 16.1. The van der Waals surface area contributed by atoms with E-state index in [0.29, 0.717) is 0 Å². The zero-order valence-corrected chi connectivity index (χ0v) is 15.3. The van der Waals surface area contributed by atoms with Gasteiger partial charge in [0.1, 0.15) is 6.33 Å². The summed E-state index contributed by atoms with van der Waals surface area (Å²) in [6.07, 6.45) is 6.32. The van der Waals surface area contributed by atoms with Crippen molar-refractivity contribution in [1.29, 1.82) is 0 Å². The molecule has 0 N–H and O–H groups in total. The number of aryl methyl sites for hydroxylation is 4. The van der Waals surface area contributed by atoms with Crippen LogP contribution in [0.25, 0.3) is 21.5 Å². The van der Waals surface area contributed by atoms with Crippen LogP contribution in [0.5, 0.6) is 0 Å². The third-order valence-corrected chi connectivity index (χ3v) is 5.41. The Hall–Kier alpha value is -1.74. The first-order valence-corrected chi connectivity index (χ1v) is 9.29. The fourth-order valence-electron chi connectivity index (χ4n) is 3.26. The summed E-state index contributed by atoms with van der Waals surface area (Å²) in [6.45, 7) is 8.78. The van der Waals surface area contributed by atoms with E-state index in [1.165, 1.54) is 43.8 Å². The van der Waals surface area contributed by atoms with E-state index in [1.54, 1.807) is 6.33 Å². The maximum Gasteiger partial charge on any atom is 0.116 e. The van der Waals surface area contributed by atoms with Gasteiger partial charge in [-0.2, -0.15) is 0 Å². The van der Waals surface area contributed by atoms with Crippen LogP contribution in [0.4, 0.5) is 0 Å². The maximum atomic E-state index is 4.63. The molecule has 0 atom stereocenters. The third kappa shape index (κ3) is 3.16. The molecule has 0 aliphatic carbocycles. The van der Waals surface area contributed by atoms with Crippen LogP contribution in [0.3, 0.4) is 0 Å². The Morgan fingerprint density at radius 1 is 0.913 bits per heavy atom. The molecule has 3 rings (SSSR count). The molecule has 0 unspecified atom stereocenters. The number of rotatable bonds is 5. The average Bonchev–Trinajstić information content (AvgIpc) is 2.85. The summed E-state index contributed by atoms with van der Waals surface area (Å²) in [5.74, 6) is 0. The molecule has 0 aliphatic rings. The summed E-state index contributed by atoms with van der Waals surface area (Å²) in [5.41, 5.74) is 7.48. The summed E-state index contributed by atoms with van der Waals surface area (Å²) < 4.78 is 1.25. The van der Waals surface area contributed by atoms with Crippen LogP contribution >= 0.6 is 11.3 Å². The highest BCUT2D eigenvalue weighted by Crippen LogP contribution is 2.37. The van der Waals surface area contributed by atoms with E-state index in [-0.39, 0.29) is 0 Å². The topological polar surface area (TPSA) is 25.8 Å². The number of aromatic nitrogens is 2. The molecule has 2 nitrogen and oxygen atoms in total. The van der Waals surface area contributed by atoms with Crippen LogP contribution < -0.4 is 0 Å². The molecule has 0 aliphatic heterocycles. The van der Waals surface area contributed by atoms with Crippen molar-refractivity contribution in [3.05, 3.63) is 46.1 Å². The van der Waals surface area contributed by atoms with Crippen LogP contribution in [0, 0.1) is 13.8 Å².